The van der Waals surface area contributed by atoms with Gasteiger partial charge in [0.1, 0.15) is 16.1 Å². The highest BCUT2D eigenvalue weighted by atomic mass is 28.3. The van der Waals surface area contributed by atoms with Crippen LogP contribution in [0.2, 0.25) is 0 Å². The molecule has 280 valence electrons. The Morgan fingerprint density at radius 3 is 0.586 bits per heavy atom. The van der Waals surface area contributed by atoms with Gasteiger partial charge in [0.05, 0.1) is 0 Å². The van der Waals surface area contributed by atoms with Crippen molar-refractivity contribution in [1.29, 1.82) is 0 Å². The fraction of sp³-hybridized carbons (Fsp3) is 0.0714. The second-order valence-electron chi connectivity index (χ2n) is 16.0. The summed E-state index contributed by atoms with van der Waals surface area (Å²) >= 11 is 0. The lowest BCUT2D eigenvalue weighted by Gasteiger charge is -2.34. The topological polar surface area (TPSA) is 0 Å². The largest absolute Gasteiger partial charge is 0.126 e. The van der Waals surface area contributed by atoms with Crippen molar-refractivity contribution in [2.45, 2.75) is 24.2 Å². The van der Waals surface area contributed by atoms with E-state index in [0.29, 0.717) is 0 Å². The number of rotatable bonds is 4. The smallest absolute Gasteiger partial charge is 0.0626 e. The van der Waals surface area contributed by atoms with Crippen LogP contribution in [0.1, 0.15) is 44.5 Å². The Labute approximate surface area is 346 Å². The lowest BCUT2D eigenvalue weighted by atomic mass is 10.1. The molecule has 8 aromatic rings. The van der Waals surface area contributed by atoms with E-state index in [1.54, 1.807) is 0 Å². The Hall–Kier alpha value is -6.33. The van der Waals surface area contributed by atoms with Gasteiger partial charge in [0.25, 0.3) is 0 Å². The number of benzene rings is 8. The van der Waals surface area contributed by atoms with Gasteiger partial charge in [-0.3, -0.25) is 0 Å². The summed E-state index contributed by atoms with van der Waals surface area (Å²) in [5.74, 6) is 0. The van der Waals surface area contributed by atoms with Crippen LogP contribution in [0.15, 0.2) is 218 Å². The zero-order valence-electron chi connectivity index (χ0n) is 32.9. The van der Waals surface area contributed by atoms with Gasteiger partial charge in [-0.25, -0.2) is 0 Å². The second kappa shape index (κ2) is 17.0. The van der Waals surface area contributed by atoms with Crippen LogP contribution in [-0.2, 0) is 24.2 Å². The maximum Gasteiger partial charge on any atom is 0.126 e. The first-order chi connectivity index (χ1) is 28.6. The van der Waals surface area contributed by atoms with Crippen LogP contribution in [-0.4, -0.2) is 16.1 Å². The molecule has 0 saturated heterocycles. The highest BCUT2D eigenvalue weighted by Crippen LogP contribution is 2.24. The molecular weight excluding hydrogens is 729 g/mol. The van der Waals surface area contributed by atoms with Crippen molar-refractivity contribution >= 4 is 61.2 Å². The van der Waals surface area contributed by atoms with E-state index in [9.17, 15) is 0 Å². The first kappa shape index (κ1) is 37.3. The molecule has 0 fully saturated rings. The maximum absolute atomic E-state index is 2.37. The summed E-state index contributed by atoms with van der Waals surface area (Å²) < 4.78 is 0. The van der Waals surface area contributed by atoms with Crippen LogP contribution in [0.3, 0.4) is 0 Å². The molecule has 7 aliphatic rings. The molecule has 0 aliphatic carbocycles. The van der Waals surface area contributed by atoms with Gasteiger partial charge in [-0.15, -0.1) is 0 Å². The first-order valence-corrected chi connectivity index (χ1v) is 25.4. The van der Waals surface area contributed by atoms with Crippen molar-refractivity contribution in [3.63, 3.8) is 0 Å². The molecule has 0 unspecified atom stereocenters. The summed E-state index contributed by atoms with van der Waals surface area (Å²) in [5, 5.41) is 5.89. The lowest BCUT2D eigenvalue weighted by molar-refractivity contribution is 1.24. The van der Waals surface area contributed by atoms with Crippen LogP contribution in [0.25, 0.3) is 24.3 Å². The molecule has 8 aromatic carbocycles. The molecule has 0 atom stereocenters. The molecule has 2 heteroatoms. The summed E-state index contributed by atoms with van der Waals surface area (Å²) in [6, 6.07) is 86.6. The molecule has 7 heterocycles. The van der Waals surface area contributed by atoms with Gasteiger partial charge >= 0.3 is 0 Å². The van der Waals surface area contributed by atoms with E-state index in [0.717, 1.165) is 24.2 Å². The molecule has 0 nitrogen and oxygen atoms in total. The lowest BCUT2D eigenvalue weighted by Crippen LogP contribution is -2.62. The third kappa shape index (κ3) is 8.22. The molecule has 8 bridgehead atoms. The monoisotopic (exact) mass is 776 g/mol. The molecule has 58 heavy (non-hydrogen) atoms. The average Bonchev–Trinajstić information content (AvgIpc) is 3.30. The Balaban J connectivity index is 1.13. The molecular formula is C56H48Si2. The zero-order chi connectivity index (χ0) is 39.0. The van der Waals surface area contributed by atoms with Crippen LogP contribution >= 0.6 is 0 Å². The van der Waals surface area contributed by atoms with Crippen molar-refractivity contribution in [2.24, 2.45) is 0 Å². The van der Waals surface area contributed by atoms with Gasteiger partial charge < -0.3 is 0 Å². The predicted octanol–water partition coefficient (Wildman–Crippen LogP) is 10.6. The molecule has 0 radical (unpaired) electrons. The minimum Gasteiger partial charge on any atom is -0.0626 e. The Kier molecular flexibility index (Phi) is 10.9. The Morgan fingerprint density at radius 1 is 0.207 bits per heavy atom. The van der Waals surface area contributed by atoms with Crippen LogP contribution in [0.5, 0.6) is 0 Å². The number of hydrogen-bond donors (Lipinski definition) is 0. The minimum absolute atomic E-state index is 1.03. The van der Waals surface area contributed by atoms with Crippen LogP contribution < -0.4 is 20.7 Å². The standard InChI is InChI=1S/C56H48Si2/c1-5-13-53(14-6-1)57(54-15-7-2-8-16-54)41-49-33-25-45(26-34-49)21-23-47-29-37-51(38-30-47)43-58(55-17-9-3-10-18-55,56-19-11-4-12-20-56)44-52-39-31-48(32-40-52)24-22-46-27-35-50(42-57)36-28-46/h1-40H,41-44H2/b23-21+,24-22+. The quantitative estimate of drug-likeness (QED) is 0.156. The summed E-state index contributed by atoms with van der Waals surface area (Å²) in [5.41, 5.74) is 10.4. The molecule has 0 N–H and O–H groups in total. The predicted molar refractivity (Wildman–Crippen MR) is 254 cm³/mol. The Bertz CT molecular complexity index is 2220. The first-order valence-electron chi connectivity index (χ1n) is 20.6. The van der Waals surface area contributed by atoms with Gasteiger partial charge in [0.15, 0.2) is 0 Å². The van der Waals surface area contributed by atoms with E-state index in [2.05, 4.69) is 243 Å². The van der Waals surface area contributed by atoms with Gasteiger partial charge in [0, 0.05) is 0 Å². The van der Waals surface area contributed by atoms with Crippen LogP contribution in [0.4, 0.5) is 0 Å². The summed E-state index contributed by atoms with van der Waals surface area (Å²) in [6.45, 7) is 0. The summed E-state index contributed by atoms with van der Waals surface area (Å²) in [7, 11) is -4.61. The molecule has 7 aliphatic heterocycles. The zero-order valence-corrected chi connectivity index (χ0v) is 34.9. The SMILES string of the molecule is C1=C/c2ccc(cc2)C[Si](c2ccccc2)(c2ccccc2)Cc2ccc(cc2)/C=C/c2ccc(cc2)C[Si](c2ccccc2)(c2ccccc2)Cc2ccc/1cc2. The van der Waals surface area contributed by atoms with Crippen molar-refractivity contribution in [1.82, 2.24) is 0 Å². The summed E-state index contributed by atoms with van der Waals surface area (Å²) in [6.07, 6.45) is 9.03. The fourth-order valence-corrected chi connectivity index (χ4v) is 18.7. The third-order valence-corrected chi connectivity index (χ3v) is 22.0. The van der Waals surface area contributed by atoms with E-state index in [1.165, 1.54) is 65.3 Å². The van der Waals surface area contributed by atoms with E-state index in [-0.39, 0.29) is 0 Å². The van der Waals surface area contributed by atoms with E-state index >= 15 is 0 Å². The van der Waals surface area contributed by atoms with Gasteiger partial charge in [-0.05, 0) is 68.7 Å². The normalized spacial score (nSPS) is 15.9. The highest BCUT2D eigenvalue weighted by molar-refractivity contribution is 7.02. The highest BCUT2D eigenvalue weighted by Gasteiger charge is 2.39. The van der Waals surface area contributed by atoms with Crippen molar-refractivity contribution in [3.05, 3.63) is 263 Å². The van der Waals surface area contributed by atoms with Crippen molar-refractivity contribution in [2.75, 3.05) is 0 Å². The minimum atomic E-state index is -2.30. The van der Waals surface area contributed by atoms with Crippen molar-refractivity contribution in [3.8, 4) is 0 Å². The second-order valence-corrected chi connectivity index (χ2v) is 24.0. The number of hydrogen-bond acceptors (Lipinski definition) is 0. The Morgan fingerprint density at radius 2 is 0.397 bits per heavy atom. The molecule has 0 aromatic heterocycles. The van der Waals surface area contributed by atoms with E-state index in [4.69, 9.17) is 0 Å². The van der Waals surface area contributed by atoms with Crippen LogP contribution in [0, 0.1) is 0 Å². The summed E-state index contributed by atoms with van der Waals surface area (Å²) in [4.78, 5) is 0. The molecule has 0 spiro atoms. The van der Waals surface area contributed by atoms with E-state index < -0.39 is 16.1 Å². The molecule has 0 amide bonds. The van der Waals surface area contributed by atoms with Gasteiger partial charge in [0.2, 0.25) is 0 Å². The van der Waals surface area contributed by atoms with E-state index in [1.807, 2.05) is 0 Å². The maximum atomic E-state index is 2.37. The molecule has 0 saturated carbocycles. The third-order valence-electron chi connectivity index (χ3n) is 12.2. The molecule has 15 rings (SSSR count). The van der Waals surface area contributed by atoms with Crippen molar-refractivity contribution < 1.29 is 0 Å². The average molecular weight is 777 g/mol. The van der Waals surface area contributed by atoms with Gasteiger partial charge in [-0.1, -0.05) is 263 Å². The van der Waals surface area contributed by atoms with Gasteiger partial charge in [-0.2, -0.15) is 0 Å². The fourth-order valence-electron chi connectivity index (χ4n) is 9.07.